The van der Waals surface area contributed by atoms with Crippen molar-refractivity contribution in [3.05, 3.63) is 50.1 Å². The molecule has 10 N–H and O–H groups in total. The molecule has 9 heteroatoms. The van der Waals surface area contributed by atoms with Crippen LogP contribution >= 0.6 is 0 Å². The van der Waals surface area contributed by atoms with Crippen molar-refractivity contribution in [3.63, 3.8) is 0 Å². The third kappa shape index (κ3) is 156. The summed E-state index contributed by atoms with van der Waals surface area (Å²) in [6, 6.07) is 0. The van der Waals surface area contributed by atoms with Gasteiger partial charge >= 0.3 is 7.55 Å². The number of hydrogen-bond acceptors (Lipinski definition) is 8. The molecule has 117 valence electrons. The molecule has 0 aromatic heterocycles. The van der Waals surface area contributed by atoms with Crippen LogP contribution in [0.3, 0.4) is 0 Å². The molecule has 0 aliphatic rings. The topological polar surface area (TPSA) is 174 Å². The lowest BCUT2D eigenvalue weighted by molar-refractivity contribution is 1.35. The van der Waals surface area contributed by atoms with E-state index in [1.54, 1.807) is 12.3 Å². The molecular formula is C12H26BN8. The number of rotatable bonds is 5. The molecule has 0 saturated heterocycles. The summed E-state index contributed by atoms with van der Waals surface area (Å²) in [4.78, 5) is 3.75. The van der Waals surface area contributed by atoms with Crippen molar-refractivity contribution >= 4 is 33.4 Å². The molecule has 0 aromatic carbocycles. The predicted molar refractivity (Wildman–Crippen MR) is 97.1 cm³/mol. The summed E-state index contributed by atoms with van der Waals surface area (Å²) in [5.74, 6) is 0. The van der Waals surface area contributed by atoms with Gasteiger partial charge in [0.05, 0.1) is 0 Å². The molecule has 0 bridgehead atoms. The third-order valence-electron chi connectivity index (χ3n) is 0.758. The van der Waals surface area contributed by atoms with Gasteiger partial charge < -0.3 is 43.6 Å². The Hall–Kier alpha value is -3.10. The van der Waals surface area contributed by atoms with Gasteiger partial charge in [-0.1, -0.05) is 13.2 Å². The molecule has 0 amide bonds. The lowest BCUT2D eigenvalue weighted by Crippen LogP contribution is -2.07. The van der Waals surface area contributed by atoms with E-state index in [1.165, 1.54) is 38.4 Å². The summed E-state index contributed by atoms with van der Waals surface area (Å²) in [6.45, 7) is 11.6. The molecule has 0 fully saturated rings. The lowest BCUT2D eigenvalue weighted by Gasteiger charge is -1.84. The van der Waals surface area contributed by atoms with Crippen LogP contribution in [-0.2, 0) is 0 Å². The molecule has 0 aliphatic heterocycles. The van der Waals surface area contributed by atoms with Gasteiger partial charge in [0.1, 0.15) is 0 Å². The van der Waals surface area contributed by atoms with E-state index in [2.05, 4.69) is 42.5 Å². The van der Waals surface area contributed by atoms with Crippen LogP contribution in [0.2, 0.25) is 0 Å². The van der Waals surface area contributed by atoms with Gasteiger partial charge in [0.2, 0.25) is 0 Å². The maximum atomic E-state index is 6.31. The number of allylic oxidation sites excluding steroid dienone is 2. The molecule has 0 aliphatic carbocycles. The number of hydrogen-bond donors (Lipinski definition) is 7. The standard InChI is InChI=1S/C5H9BN3.C3H6N2.C2H5N.2CH3N/c1-2-8-6-9-5-3-4-7;4-2-1-3-5;1-2-3;2*1-2/h2-5,8H,1,7H2;1-4H,5H2;2H,1,3H2;2*2H,1H2/b4-3-,9-5+;3-1-,4-2?;;;. The fraction of sp³-hybridized carbons (Fsp3) is 0. The molecule has 0 heterocycles. The summed E-state index contributed by atoms with van der Waals surface area (Å²) < 4.78 is 0. The van der Waals surface area contributed by atoms with Crippen LogP contribution in [0, 0.1) is 16.2 Å². The van der Waals surface area contributed by atoms with Crippen molar-refractivity contribution < 1.29 is 0 Å². The quantitative estimate of drug-likeness (QED) is 0.222. The zero-order valence-corrected chi connectivity index (χ0v) is 12.2. The average molecular weight is 293 g/mol. The first-order valence-corrected chi connectivity index (χ1v) is 5.24. The Morgan fingerprint density at radius 2 is 1.38 bits per heavy atom. The van der Waals surface area contributed by atoms with Gasteiger partial charge in [0.15, 0.2) is 0 Å². The fourth-order valence-electron chi connectivity index (χ4n) is 0.294. The van der Waals surface area contributed by atoms with Crippen molar-refractivity contribution in [1.82, 2.24) is 5.23 Å². The monoisotopic (exact) mass is 293 g/mol. The minimum atomic E-state index is 1.12. The van der Waals surface area contributed by atoms with Crippen molar-refractivity contribution in [1.29, 1.82) is 16.2 Å². The van der Waals surface area contributed by atoms with Crippen LogP contribution in [0.25, 0.3) is 0 Å². The van der Waals surface area contributed by atoms with Gasteiger partial charge in [0, 0.05) is 12.4 Å². The summed E-state index contributed by atoms with van der Waals surface area (Å²) in [5, 5.41) is 20.0. The Labute approximate surface area is 128 Å². The van der Waals surface area contributed by atoms with Gasteiger partial charge in [-0.25, -0.2) is 0 Å². The van der Waals surface area contributed by atoms with Gasteiger partial charge in [0.25, 0.3) is 0 Å². The highest BCUT2D eigenvalue weighted by atomic mass is 14.8. The van der Waals surface area contributed by atoms with E-state index in [0.717, 1.165) is 6.21 Å². The van der Waals surface area contributed by atoms with Crippen LogP contribution < -0.4 is 22.4 Å². The molecule has 0 atom stereocenters. The zero-order valence-electron chi connectivity index (χ0n) is 12.2. The molecule has 21 heavy (non-hydrogen) atoms. The first-order valence-electron chi connectivity index (χ1n) is 5.24. The zero-order chi connectivity index (χ0) is 17.8. The number of nitrogens with zero attached hydrogens (tertiary/aromatic N) is 1. The van der Waals surface area contributed by atoms with Gasteiger partial charge in [-0.3, -0.25) is 0 Å². The van der Waals surface area contributed by atoms with E-state index in [0.29, 0.717) is 0 Å². The van der Waals surface area contributed by atoms with Crippen molar-refractivity contribution in [2.75, 3.05) is 0 Å². The van der Waals surface area contributed by atoms with E-state index < -0.39 is 0 Å². The van der Waals surface area contributed by atoms with Crippen LogP contribution in [0.4, 0.5) is 0 Å². The SMILES string of the molecule is C=CN.C=CN[B]/N=C/C=C\N.C=N.C=N.N=C/C=C\N. The van der Waals surface area contributed by atoms with E-state index >= 15 is 0 Å². The summed E-state index contributed by atoms with van der Waals surface area (Å²) >= 11 is 0. The largest absolute Gasteiger partial charge is 0.417 e. The Morgan fingerprint density at radius 1 is 0.952 bits per heavy atom. The van der Waals surface area contributed by atoms with Crippen LogP contribution in [0.15, 0.2) is 55.0 Å². The van der Waals surface area contributed by atoms with Gasteiger partial charge in [-0.05, 0) is 50.4 Å². The molecule has 8 nitrogen and oxygen atoms in total. The second-order valence-electron chi connectivity index (χ2n) is 1.97. The van der Waals surface area contributed by atoms with E-state index in [4.69, 9.17) is 27.7 Å². The summed E-state index contributed by atoms with van der Waals surface area (Å²) in [6.07, 6.45) is 11.3. The highest BCUT2D eigenvalue weighted by molar-refractivity contribution is 6.32. The molecule has 0 saturated carbocycles. The Kier molecular flexibility index (Phi) is 100. The second-order valence-corrected chi connectivity index (χ2v) is 1.97. The molecule has 0 unspecified atom stereocenters. The Balaban J connectivity index is -0.0000000604. The molecule has 0 spiro atoms. The summed E-state index contributed by atoms with van der Waals surface area (Å²) in [7, 11) is 1.51. The van der Waals surface area contributed by atoms with E-state index in [-0.39, 0.29) is 0 Å². The predicted octanol–water partition coefficient (Wildman–Crippen LogP) is 0.525. The van der Waals surface area contributed by atoms with E-state index in [1.807, 2.05) is 0 Å². The number of nitrogens with two attached hydrogens (primary N) is 3. The molecular weight excluding hydrogens is 267 g/mol. The number of nitrogens with one attached hydrogen (secondary N) is 4. The maximum absolute atomic E-state index is 6.31. The van der Waals surface area contributed by atoms with E-state index in [9.17, 15) is 0 Å². The van der Waals surface area contributed by atoms with Crippen molar-refractivity contribution in [2.45, 2.75) is 0 Å². The molecule has 0 rings (SSSR count). The van der Waals surface area contributed by atoms with Gasteiger partial charge in [-0.2, -0.15) is 0 Å². The molecule has 0 aromatic rings. The normalized spacial score (nSPS) is 7.43. The smallest absolute Gasteiger partial charge is 0.408 e. The Morgan fingerprint density at radius 3 is 1.62 bits per heavy atom. The minimum Gasteiger partial charge on any atom is -0.417 e. The van der Waals surface area contributed by atoms with Gasteiger partial charge in [-0.15, -0.1) is 0 Å². The second kappa shape index (κ2) is 68.4. The maximum Gasteiger partial charge on any atom is 0.408 e. The minimum absolute atomic E-state index is 1.12. The Bertz CT molecular complexity index is 274. The van der Waals surface area contributed by atoms with Crippen molar-refractivity contribution in [3.8, 4) is 0 Å². The van der Waals surface area contributed by atoms with Crippen LogP contribution in [-0.4, -0.2) is 33.4 Å². The highest BCUT2D eigenvalue weighted by Gasteiger charge is 1.74. The summed E-state index contributed by atoms with van der Waals surface area (Å²) in [5.41, 5.74) is 14.4. The van der Waals surface area contributed by atoms with Crippen LogP contribution in [0.1, 0.15) is 0 Å². The highest BCUT2D eigenvalue weighted by Crippen LogP contribution is 1.60. The first kappa shape index (κ1) is 30.7. The fourth-order valence-corrected chi connectivity index (χ4v) is 0.294. The first-order chi connectivity index (χ1) is 10.2. The van der Waals surface area contributed by atoms with Crippen LogP contribution in [0.5, 0.6) is 0 Å². The third-order valence-corrected chi connectivity index (χ3v) is 0.758. The van der Waals surface area contributed by atoms with Crippen molar-refractivity contribution in [2.24, 2.45) is 22.1 Å². The average Bonchev–Trinajstić information content (AvgIpc) is 2.53. The molecule has 1 radical (unpaired) electrons. The lowest BCUT2D eigenvalue weighted by atomic mass is 10.2.